The van der Waals surface area contributed by atoms with Gasteiger partial charge in [0.25, 0.3) is 5.91 Å². The normalized spacial score (nSPS) is 15.0. The van der Waals surface area contributed by atoms with E-state index in [0.29, 0.717) is 23.8 Å². The summed E-state index contributed by atoms with van der Waals surface area (Å²) < 4.78 is 13.0. The Kier molecular flexibility index (Phi) is 4.28. The minimum absolute atomic E-state index is 0.212. The highest BCUT2D eigenvalue weighted by Gasteiger charge is 2.27. The molecule has 0 saturated heterocycles. The van der Waals surface area contributed by atoms with Crippen LogP contribution in [0.25, 0.3) is 5.69 Å². The summed E-state index contributed by atoms with van der Waals surface area (Å²) in [5, 5.41) is 15.0. The van der Waals surface area contributed by atoms with Gasteiger partial charge in [-0.15, -0.1) is 10.2 Å². The Balaban J connectivity index is 1.34. The second-order valence-electron chi connectivity index (χ2n) is 6.70. The molecule has 8 heteroatoms. The molecule has 2 aromatic carbocycles. The van der Waals surface area contributed by atoms with Crippen LogP contribution in [-0.2, 0) is 6.42 Å². The van der Waals surface area contributed by atoms with E-state index in [0.717, 1.165) is 11.3 Å². The minimum Gasteiger partial charge on any atom is -0.489 e. The molecule has 0 radical (unpaired) electrons. The lowest BCUT2D eigenvalue weighted by atomic mass is 10.1. The van der Waals surface area contributed by atoms with E-state index in [1.807, 2.05) is 59.2 Å². The van der Waals surface area contributed by atoms with Crippen LogP contribution in [0.5, 0.6) is 5.75 Å². The lowest BCUT2D eigenvalue weighted by Crippen LogP contribution is -2.33. The Labute approximate surface area is 166 Å². The van der Waals surface area contributed by atoms with Gasteiger partial charge in [0.05, 0.1) is 5.69 Å². The summed E-state index contributed by atoms with van der Waals surface area (Å²) in [5.41, 5.74) is 2.12. The number of rotatable bonds is 4. The number of nitrogens with one attached hydrogen (secondary N) is 1. The van der Waals surface area contributed by atoms with Crippen molar-refractivity contribution in [2.45, 2.75) is 12.5 Å². The number of para-hydroxylation sites is 2. The van der Waals surface area contributed by atoms with Gasteiger partial charge in [-0.1, -0.05) is 47.6 Å². The van der Waals surface area contributed by atoms with Gasteiger partial charge in [-0.2, -0.15) is 0 Å². The van der Waals surface area contributed by atoms with Crippen molar-refractivity contribution >= 4 is 5.91 Å². The summed E-state index contributed by atoms with van der Waals surface area (Å²) in [4.78, 5) is 12.7. The van der Waals surface area contributed by atoms with Crippen LogP contribution in [0.4, 0.5) is 0 Å². The summed E-state index contributed by atoms with van der Waals surface area (Å²) in [7, 11) is 0. The third-order valence-corrected chi connectivity index (χ3v) is 4.73. The number of hydrogen-bond acceptors (Lipinski definition) is 6. The van der Waals surface area contributed by atoms with Gasteiger partial charge >= 0.3 is 0 Å². The van der Waals surface area contributed by atoms with Crippen LogP contribution in [0.2, 0.25) is 0 Å². The molecule has 0 bridgehead atoms. The van der Waals surface area contributed by atoms with Gasteiger partial charge in [-0.25, -0.2) is 0 Å². The van der Waals surface area contributed by atoms with E-state index in [-0.39, 0.29) is 18.2 Å². The maximum atomic E-state index is 12.7. The van der Waals surface area contributed by atoms with Crippen LogP contribution >= 0.6 is 0 Å². The highest BCUT2D eigenvalue weighted by atomic mass is 16.5. The molecule has 1 N–H and O–H groups in total. The molecule has 1 amide bonds. The van der Waals surface area contributed by atoms with Gasteiger partial charge in [-0.3, -0.25) is 9.36 Å². The van der Waals surface area contributed by atoms with E-state index in [1.54, 1.807) is 12.4 Å². The van der Waals surface area contributed by atoms with Crippen LogP contribution in [0, 0.1) is 0 Å². The molecule has 3 heterocycles. The Morgan fingerprint density at radius 3 is 2.86 bits per heavy atom. The van der Waals surface area contributed by atoms with Gasteiger partial charge in [0.15, 0.2) is 11.5 Å². The first-order valence-corrected chi connectivity index (χ1v) is 9.20. The number of aromatic nitrogens is 4. The van der Waals surface area contributed by atoms with Crippen molar-refractivity contribution in [2.24, 2.45) is 0 Å². The number of hydrogen-bond donors (Lipinski definition) is 1. The Hall–Kier alpha value is -3.94. The lowest BCUT2D eigenvalue weighted by Gasteiger charge is -2.14. The highest BCUT2D eigenvalue weighted by Crippen LogP contribution is 2.29. The molecule has 1 aliphatic heterocycles. The topological polar surface area (TPSA) is 95.1 Å². The van der Waals surface area contributed by atoms with Crippen molar-refractivity contribution in [1.29, 1.82) is 0 Å². The number of carbonyl (C=O) groups is 1. The summed E-state index contributed by atoms with van der Waals surface area (Å²) in [6.45, 7) is 0.232. The molecule has 0 unspecified atom stereocenters. The second-order valence-corrected chi connectivity index (χ2v) is 6.70. The van der Waals surface area contributed by atoms with Crippen LogP contribution in [0.15, 0.2) is 71.5 Å². The summed E-state index contributed by atoms with van der Waals surface area (Å²) in [6.07, 6.45) is 2.17. The Morgan fingerprint density at radius 1 is 1.14 bits per heavy atom. The minimum atomic E-state index is -0.480. The van der Waals surface area contributed by atoms with E-state index in [1.165, 1.54) is 0 Å². The summed E-state index contributed by atoms with van der Waals surface area (Å²) >= 11 is 0. The van der Waals surface area contributed by atoms with Crippen molar-refractivity contribution in [1.82, 2.24) is 25.2 Å². The Morgan fingerprint density at radius 2 is 1.97 bits per heavy atom. The highest BCUT2D eigenvalue weighted by molar-refractivity contribution is 5.92. The van der Waals surface area contributed by atoms with E-state index < -0.39 is 6.04 Å². The van der Waals surface area contributed by atoms with Crippen molar-refractivity contribution in [3.63, 3.8) is 0 Å². The summed E-state index contributed by atoms with van der Waals surface area (Å²) in [6, 6.07) is 18.6. The molecular formula is C21H17N5O3. The first-order chi connectivity index (χ1) is 14.3. The molecule has 1 aliphatic rings. The maximum Gasteiger partial charge on any atom is 0.274 e. The van der Waals surface area contributed by atoms with Crippen LogP contribution < -0.4 is 10.1 Å². The van der Waals surface area contributed by atoms with E-state index in [9.17, 15) is 4.79 Å². The molecule has 0 aliphatic carbocycles. The number of amides is 1. The third kappa shape index (κ3) is 3.36. The van der Waals surface area contributed by atoms with E-state index in [4.69, 9.17) is 9.26 Å². The third-order valence-electron chi connectivity index (χ3n) is 4.73. The van der Waals surface area contributed by atoms with Gasteiger partial charge in [-0.05, 0) is 17.7 Å². The van der Waals surface area contributed by atoms with Crippen molar-refractivity contribution in [2.75, 3.05) is 6.61 Å². The van der Waals surface area contributed by atoms with Gasteiger partial charge in [0.2, 0.25) is 0 Å². The van der Waals surface area contributed by atoms with Crippen molar-refractivity contribution in [3.8, 4) is 11.4 Å². The van der Waals surface area contributed by atoms with Gasteiger partial charge in [0.1, 0.15) is 30.5 Å². The Bertz CT molecular complexity index is 1150. The molecule has 144 valence electrons. The predicted molar refractivity (Wildman–Crippen MR) is 103 cm³/mol. The van der Waals surface area contributed by atoms with E-state index in [2.05, 4.69) is 20.7 Å². The predicted octanol–water partition coefficient (Wildman–Crippen LogP) is 2.71. The molecule has 2 aromatic heterocycles. The molecule has 0 fully saturated rings. The van der Waals surface area contributed by atoms with Crippen LogP contribution in [0.1, 0.15) is 33.7 Å². The number of carbonyl (C=O) groups excluding carboxylic acids is 1. The SMILES string of the molecule is O=C(N[C@@H]1COc2ccccc2-n2cnnc21)c1cc(Cc2ccccc2)on1. The number of fused-ring (bicyclic) bond motifs is 3. The standard InChI is InChI=1S/C21H17N5O3/c27-21(16-11-15(29-25-16)10-14-6-2-1-3-7-14)23-17-12-28-19-9-5-4-8-18(19)26-13-22-24-20(17)26/h1-9,11,13,17H,10,12H2,(H,23,27)/t17-/m1/s1. The summed E-state index contributed by atoms with van der Waals surface area (Å²) in [5.74, 6) is 1.56. The fraction of sp³-hybridized carbons (Fsp3) is 0.143. The molecular weight excluding hydrogens is 370 g/mol. The zero-order valence-corrected chi connectivity index (χ0v) is 15.4. The second kappa shape index (κ2) is 7.23. The molecule has 4 aromatic rings. The molecule has 5 rings (SSSR count). The number of benzene rings is 2. The van der Waals surface area contributed by atoms with Crippen molar-refractivity contribution < 1.29 is 14.1 Å². The average Bonchev–Trinajstić information content (AvgIpc) is 3.39. The molecule has 0 saturated carbocycles. The molecule has 8 nitrogen and oxygen atoms in total. The first-order valence-electron chi connectivity index (χ1n) is 9.20. The monoisotopic (exact) mass is 387 g/mol. The lowest BCUT2D eigenvalue weighted by molar-refractivity contribution is 0.0910. The maximum absolute atomic E-state index is 12.7. The van der Waals surface area contributed by atoms with Crippen LogP contribution in [-0.4, -0.2) is 32.4 Å². The average molecular weight is 387 g/mol. The zero-order chi connectivity index (χ0) is 19.6. The number of nitrogens with zero attached hydrogens (tertiary/aromatic N) is 4. The number of ether oxygens (including phenoxy) is 1. The fourth-order valence-corrected chi connectivity index (χ4v) is 3.33. The van der Waals surface area contributed by atoms with Gasteiger partial charge < -0.3 is 14.6 Å². The van der Waals surface area contributed by atoms with Crippen LogP contribution in [0.3, 0.4) is 0 Å². The van der Waals surface area contributed by atoms with Crippen molar-refractivity contribution in [3.05, 3.63) is 89.8 Å². The smallest absolute Gasteiger partial charge is 0.274 e. The first kappa shape index (κ1) is 17.2. The molecule has 1 atom stereocenters. The molecule has 0 spiro atoms. The van der Waals surface area contributed by atoms with E-state index >= 15 is 0 Å². The molecule has 29 heavy (non-hydrogen) atoms. The largest absolute Gasteiger partial charge is 0.489 e. The van der Waals surface area contributed by atoms with Gasteiger partial charge in [0, 0.05) is 12.5 Å². The quantitative estimate of drug-likeness (QED) is 0.579. The zero-order valence-electron chi connectivity index (χ0n) is 15.4. The fourth-order valence-electron chi connectivity index (χ4n) is 3.33.